The molecule has 240 valence electrons. The summed E-state index contributed by atoms with van der Waals surface area (Å²) in [7, 11) is -3.41. The van der Waals surface area contributed by atoms with Crippen molar-refractivity contribution in [2.24, 2.45) is 5.73 Å². The fourth-order valence-corrected chi connectivity index (χ4v) is 5.33. The highest BCUT2D eigenvalue weighted by Crippen LogP contribution is 2.30. The molecule has 2 aromatic heterocycles. The Kier molecular flexibility index (Phi) is 13.9. The molecule has 1 amide bonds. The largest absolute Gasteiger partial charge is 0.481 e. The predicted molar refractivity (Wildman–Crippen MR) is 172 cm³/mol. The Balaban J connectivity index is 1.41. The fraction of sp³-hybridized carbons (Fsp3) is 0.484. The molecule has 0 fully saturated rings. The molecule has 0 unspecified atom stereocenters. The van der Waals surface area contributed by atoms with Crippen molar-refractivity contribution in [2.75, 3.05) is 22.4 Å². The van der Waals surface area contributed by atoms with Crippen LogP contribution in [0, 0.1) is 0 Å². The monoisotopic (exact) mass is 628 g/mol. The molecule has 3 aromatic rings. The Morgan fingerprint density at radius 1 is 0.909 bits per heavy atom. The molecule has 0 aliphatic rings. The van der Waals surface area contributed by atoms with Crippen LogP contribution >= 0.6 is 0 Å². The van der Waals surface area contributed by atoms with Gasteiger partial charge in [0.05, 0.1) is 18.1 Å². The smallest absolute Gasteiger partial charge is 0.303 e. The van der Waals surface area contributed by atoms with Gasteiger partial charge in [0.1, 0.15) is 5.56 Å². The van der Waals surface area contributed by atoms with E-state index in [-0.39, 0.29) is 23.6 Å². The maximum Gasteiger partial charge on any atom is 0.303 e. The van der Waals surface area contributed by atoms with Gasteiger partial charge in [-0.2, -0.15) is 5.10 Å². The first-order chi connectivity index (χ1) is 21.2. The minimum Gasteiger partial charge on any atom is -0.481 e. The second kappa shape index (κ2) is 17.9. The lowest BCUT2D eigenvalue weighted by Crippen LogP contribution is -2.14. The Bertz CT molecular complexity index is 1440. The first-order valence-corrected chi connectivity index (χ1v) is 16.9. The number of H-pyrrole nitrogens is 1. The number of ether oxygens (including phenoxy) is 1. The lowest BCUT2D eigenvalue weighted by Gasteiger charge is -2.09. The summed E-state index contributed by atoms with van der Waals surface area (Å²) in [6.45, 7) is 2.11. The topological polar surface area (TPSA) is 189 Å². The SMILES string of the molecule is CCS(=O)(=O)Nc1ccc(-c2[nH]nc(Nc3ccnc(OCCCCCCCCCCCCCC(=O)O)c3)c2C(N)=O)cc1. The molecule has 2 heterocycles. The number of carbonyl (C=O) groups is 2. The standard InChI is InChI=1S/C31H44N6O6S/c1-2-44(41,42)37-24-17-15-23(16-18-24)29-28(30(32)40)31(36-35-29)34-25-19-20-33-26(22-25)43-21-13-11-9-7-5-3-4-6-8-10-12-14-27(38)39/h15-20,22,37H,2-14,21H2,1H3,(H2,32,40)(H,38,39)(H2,33,34,35,36). The van der Waals surface area contributed by atoms with Gasteiger partial charge >= 0.3 is 5.97 Å². The number of sulfonamides is 1. The van der Waals surface area contributed by atoms with E-state index in [4.69, 9.17) is 15.6 Å². The summed E-state index contributed by atoms with van der Waals surface area (Å²) in [6, 6.07) is 10.0. The fourth-order valence-electron chi connectivity index (χ4n) is 4.69. The number of carbonyl (C=O) groups excluding carboxylic acids is 1. The van der Waals surface area contributed by atoms with E-state index in [2.05, 4.69) is 25.2 Å². The number of carboxylic acid groups (broad SMARTS) is 1. The van der Waals surface area contributed by atoms with Gasteiger partial charge in [-0.3, -0.25) is 19.4 Å². The minimum atomic E-state index is -3.41. The highest BCUT2D eigenvalue weighted by atomic mass is 32.2. The summed E-state index contributed by atoms with van der Waals surface area (Å²) in [5.41, 5.74) is 7.92. The summed E-state index contributed by atoms with van der Waals surface area (Å²) in [6.07, 6.45) is 14.0. The third-order valence-electron chi connectivity index (χ3n) is 7.12. The first-order valence-electron chi connectivity index (χ1n) is 15.2. The summed E-state index contributed by atoms with van der Waals surface area (Å²) in [4.78, 5) is 27.2. The molecule has 13 heteroatoms. The molecule has 0 saturated heterocycles. The number of aromatic nitrogens is 3. The number of nitrogens with one attached hydrogen (secondary N) is 3. The molecular weight excluding hydrogens is 584 g/mol. The van der Waals surface area contributed by atoms with Crippen LogP contribution in [0.15, 0.2) is 42.6 Å². The number of pyridine rings is 1. The number of unbranched alkanes of at least 4 members (excludes halogenated alkanes) is 10. The maximum absolute atomic E-state index is 12.4. The molecule has 0 aliphatic carbocycles. The number of primary amides is 1. The van der Waals surface area contributed by atoms with Gasteiger partial charge in [-0.15, -0.1) is 0 Å². The Hall–Kier alpha value is -4.13. The van der Waals surface area contributed by atoms with Gasteiger partial charge in [0.15, 0.2) is 5.82 Å². The summed E-state index contributed by atoms with van der Waals surface area (Å²) >= 11 is 0. The Morgan fingerprint density at radius 3 is 2.11 bits per heavy atom. The van der Waals surface area contributed by atoms with Crippen molar-refractivity contribution in [2.45, 2.75) is 84.0 Å². The molecule has 1 aromatic carbocycles. The average Bonchev–Trinajstić information content (AvgIpc) is 3.41. The number of hydrogen-bond donors (Lipinski definition) is 5. The lowest BCUT2D eigenvalue weighted by molar-refractivity contribution is -0.137. The zero-order valence-electron chi connectivity index (χ0n) is 25.3. The molecule has 6 N–H and O–H groups in total. The van der Waals surface area contributed by atoms with Crippen LogP contribution in [0.3, 0.4) is 0 Å². The van der Waals surface area contributed by atoms with E-state index in [0.717, 1.165) is 38.5 Å². The van der Waals surface area contributed by atoms with Crippen LogP contribution < -0.4 is 20.5 Å². The molecule has 44 heavy (non-hydrogen) atoms. The number of nitrogens with two attached hydrogens (primary N) is 1. The number of rotatable bonds is 22. The molecule has 0 radical (unpaired) electrons. The van der Waals surface area contributed by atoms with Crippen molar-refractivity contribution in [1.29, 1.82) is 0 Å². The van der Waals surface area contributed by atoms with Crippen molar-refractivity contribution in [3.8, 4) is 17.1 Å². The van der Waals surface area contributed by atoms with Crippen LogP contribution in [-0.2, 0) is 14.8 Å². The molecular formula is C31H44N6O6S. The van der Waals surface area contributed by atoms with E-state index in [1.807, 2.05) is 0 Å². The maximum atomic E-state index is 12.4. The predicted octanol–water partition coefficient (Wildman–Crippen LogP) is 6.22. The molecule has 0 aliphatic heterocycles. The van der Waals surface area contributed by atoms with Crippen LogP contribution in [0.2, 0.25) is 0 Å². The van der Waals surface area contributed by atoms with Crippen LogP contribution in [0.5, 0.6) is 5.88 Å². The van der Waals surface area contributed by atoms with Gasteiger partial charge in [0.25, 0.3) is 5.91 Å². The molecule has 3 rings (SSSR count). The Morgan fingerprint density at radius 2 is 1.52 bits per heavy atom. The van der Waals surface area contributed by atoms with Crippen molar-refractivity contribution in [3.05, 3.63) is 48.2 Å². The number of aliphatic carboxylic acids is 1. The lowest BCUT2D eigenvalue weighted by atomic mass is 10.1. The number of hydrogen-bond acceptors (Lipinski definition) is 8. The molecule has 12 nitrogen and oxygen atoms in total. The average molecular weight is 629 g/mol. The van der Waals surface area contributed by atoms with Gasteiger partial charge in [-0.25, -0.2) is 13.4 Å². The third-order valence-corrected chi connectivity index (χ3v) is 8.43. The van der Waals surface area contributed by atoms with E-state index in [1.54, 1.807) is 49.5 Å². The second-order valence-corrected chi connectivity index (χ2v) is 12.7. The number of anilines is 3. The summed E-state index contributed by atoms with van der Waals surface area (Å²) in [5, 5.41) is 18.9. The van der Waals surface area contributed by atoms with Crippen molar-refractivity contribution >= 4 is 39.1 Å². The third kappa shape index (κ3) is 11.9. The molecule has 0 atom stereocenters. The van der Waals surface area contributed by atoms with E-state index in [1.165, 1.54) is 32.1 Å². The summed E-state index contributed by atoms with van der Waals surface area (Å²) < 4.78 is 32.0. The van der Waals surface area contributed by atoms with Crippen molar-refractivity contribution in [3.63, 3.8) is 0 Å². The zero-order valence-corrected chi connectivity index (χ0v) is 26.1. The van der Waals surface area contributed by atoms with Gasteiger partial charge in [0.2, 0.25) is 15.9 Å². The van der Waals surface area contributed by atoms with E-state index >= 15 is 0 Å². The van der Waals surface area contributed by atoms with Gasteiger partial charge in [0, 0.05) is 35.6 Å². The van der Waals surface area contributed by atoms with Crippen molar-refractivity contribution in [1.82, 2.24) is 15.2 Å². The number of aromatic amines is 1. The van der Waals surface area contributed by atoms with Crippen molar-refractivity contribution < 1.29 is 27.9 Å². The molecule has 0 bridgehead atoms. The van der Waals surface area contributed by atoms with Crippen LogP contribution in [0.1, 0.15) is 94.3 Å². The highest BCUT2D eigenvalue weighted by Gasteiger charge is 2.20. The molecule has 0 spiro atoms. The number of benzene rings is 1. The van der Waals surface area contributed by atoms with Crippen LogP contribution in [0.4, 0.5) is 17.2 Å². The van der Waals surface area contributed by atoms with E-state index in [0.29, 0.717) is 35.1 Å². The van der Waals surface area contributed by atoms with Gasteiger partial charge < -0.3 is 20.9 Å². The number of carboxylic acids is 1. The highest BCUT2D eigenvalue weighted by molar-refractivity contribution is 7.92. The van der Waals surface area contributed by atoms with E-state index in [9.17, 15) is 18.0 Å². The van der Waals surface area contributed by atoms with E-state index < -0.39 is 21.9 Å². The summed E-state index contributed by atoms with van der Waals surface area (Å²) in [5.74, 6) is -0.716. The number of nitrogens with zero attached hydrogens (tertiary/aromatic N) is 2. The zero-order chi connectivity index (χ0) is 31.8. The minimum absolute atomic E-state index is 0.0412. The molecule has 0 saturated carbocycles. The number of amides is 1. The van der Waals surface area contributed by atoms with Gasteiger partial charge in [-0.05, 0) is 38.0 Å². The first kappa shape index (κ1) is 34.4. The second-order valence-electron chi connectivity index (χ2n) is 10.7. The van der Waals surface area contributed by atoms with Gasteiger partial charge in [-0.1, -0.05) is 69.9 Å². The normalized spacial score (nSPS) is 11.3. The van der Waals surface area contributed by atoms with Crippen LogP contribution in [0.25, 0.3) is 11.3 Å². The Labute approximate surface area is 259 Å². The van der Waals surface area contributed by atoms with Crippen LogP contribution in [-0.4, -0.2) is 52.9 Å². The quantitative estimate of drug-likeness (QED) is 0.0804.